The first-order chi connectivity index (χ1) is 4.86. The monoisotopic (exact) mass is 157 g/mol. The average Bonchev–Trinajstić information content (AvgIpc) is 2.27. The van der Waals surface area contributed by atoms with E-state index in [0.29, 0.717) is 16.6 Å². The first kappa shape index (κ1) is 6.53. The number of ether oxygens (including phenoxy) is 1. The highest BCUT2D eigenvalue weighted by Crippen LogP contribution is 2.37. The molecule has 2 rings (SSSR count). The van der Waals surface area contributed by atoms with Crippen LogP contribution in [0, 0.1) is 5.41 Å². The van der Waals surface area contributed by atoms with E-state index in [9.17, 15) is 0 Å². The Kier molecular flexibility index (Phi) is 1.60. The molecule has 2 aliphatic rings. The van der Waals surface area contributed by atoms with E-state index in [2.05, 4.69) is 0 Å². The van der Waals surface area contributed by atoms with E-state index in [1.807, 2.05) is 0 Å². The normalized spacial score (nSPS) is 39.0. The molecule has 2 nitrogen and oxygen atoms in total. The summed E-state index contributed by atoms with van der Waals surface area (Å²) in [7, 11) is 0. The minimum absolute atomic E-state index is 0.381. The number of hydrogen-bond donors (Lipinski definition) is 1. The molecule has 1 heterocycles. The van der Waals surface area contributed by atoms with Crippen LogP contribution in [0.25, 0.3) is 0 Å². The molecule has 0 aromatic carbocycles. The lowest BCUT2D eigenvalue weighted by Crippen LogP contribution is -2.23. The van der Waals surface area contributed by atoms with Gasteiger partial charge >= 0.3 is 0 Å². The van der Waals surface area contributed by atoms with Crippen molar-refractivity contribution in [1.29, 1.82) is 5.41 Å². The molecule has 0 aromatic heterocycles. The third-order valence-electron chi connectivity index (χ3n) is 2.16. The smallest absolute Gasteiger partial charge is 0.243 e. The molecule has 1 aliphatic carbocycles. The molecule has 1 aliphatic heterocycles. The number of thioether (sulfide) groups is 1. The topological polar surface area (TPSA) is 33.1 Å². The van der Waals surface area contributed by atoms with Crippen molar-refractivity contribution in [2.75, 3.05) is 0 Å². The summed E-state index contributed by atoms with van der Waals surface area (Å²) in [6, 6.07) is 0. The lowest BCUT2D eigenvalue weighted by Gasteiger charge is -2.21. The predicted octanol–water partition coefficient (Wildman–Crippen LogP) is 2.00. The van der Waals surface area contributed by atoms with Crippen LogP contribution < -0.4 is 0 Å². The second-order valence-electron chi connectivity index (χ2n) is 2.88. The summed E-state index contributed by atoms with van der Waals surface area (Å²) < 4.78 is 5.31. The molecule has 2 fully saturated rings. The number of rotatable bonds is 0. The van der Waals surface area contributed by atoms with E-state index in [1.54, 1.807) is 11.8 Å². The highest BCUT2D eigenvalue weighted by atomic mass is 32.2. The van der Waals surface area contributed by atoms with Gasteiger partial charge in [-0.3, -0.25) is 5.41 Å². The van der Waals surface area contributed by atoms with Crippen molar-refractivity contribution in [3.63, 3.8) is 0 Å². The Balaban J connectivity index is 2.04. The van der Waals surface area contributed by atoms with Crippen molar-refractivity contribution in [2.24, 2.45) is 0 Å². The van der Waals surface area contributed by atoms with Gasteiger partial charge in [-0.2, -0.15) is 0 Å². The van der Waals surface area contributed by atoms with Gasteiger partial charge in [0.2, 0.25) is 5.23 Å². The van der Waals surface area contributed by atoms with Crippen LogP contribution >= 0.6 is 11.8 Å². The number of nitrogens with one attached hydrogen (secondary N) is 1. The molecule has 0 radical (unpaired) electrons. The fourth-order valence-corrected chi connectivity index (χ4v) is 2.72. The summed E-state index contributed by atoms with van der Waals surface area (Å²) in [6.07, 6.45) is 5.41. The van der Waals surface area contributed by atoms with E-state index in [4.69, 9.17) is 10.1 Å². The number of hydrogen-bond acceptors (Lipinski definition) is 3. The molecule has 0 amide bonds. The zero-order valence-corrected chi connectivity index (χ0v) is 6.62. The Morgan fingerprint density at radius 1 is 1.40 bits per heavy atom. The standard InChI is InChI=1S/C7H11NOS/c8-7-9-5-3-1-2-4-6(5)10-7/h5-6,8H,1-4H2/t5-,6-/m1/s1. The molecule has 0 unspecified atom stereocenters. The first-order valence-corrected chi connectivity index (χ1v) is 4.66. The Morgan fingerprint density at radius 3 is 3.00 bits per heavy atom. The van der Waals surface area contributed by atoms with Crippen molar-refractivity contribution >= 4 is 17.0 Å². The van der Waals surface area contributed by atoms with Crippen LogP contribution in [0.3, 0.4) is 0 Å². The Hall–Kier alpha value is -0.180. The highest BCUT2D eigenvalue weighted by molar-refractivity contribution is 8.14. The van der Waals surface area contributed by atoms with Crippen molar-refractivity contribution < 1.29 is 4.74 Å². The van der Waals surface area contributed by atoms with Gasteiger partial charge in [0.1, 0.15) is 6.10 Å². The SMILES string of the molecule is N=C1O[C@@H]2CCCC[C@H]2S1. The first-order valence-electron chi connectivity index (χ1n) is 3.78. The van der Waals surface area contributed by atoms with Crippen molar-refractivity contribution in [3.05, 3.63) is 0 Å². The predicted molar refractivity (Wildman–Crippen MR) is 42.4 cm³/mol. The van der Waals surface area contributed by atoms with E-state index in [-0.39, 0.29) is 0 Å². The fraction of sp³-hybridized carbons (Fsp3) is 0.857. The van der Waals surface area contributed by atoms with E-state index in [0.717, 1.165) is 0 Å². The van der Waals surface area contributed by atoms with Gasteiger partial charge in [-0.15, -0.1) is 0 Å². The fourth-order valence-electron chi connectivity index (χ4n) is 1.64. The minimum atomic E-state index is 0.381. The van der Waals surface area contributed by atoms with E-state index < -0.39 is 0 Å². The third kappa shape index (κ3) is 1.03. The number of fused-ring (bicyclic) bond motifs is 1. The summed E-state index contributed by atoms with van der Waals surface area (Å²) in [6.45, 7) is 0. The molecule has 1 saturated carbocycles. The Bertz CT molecular complexity index is 144. The maximum atomic E-state index is 7.28. The molecule has 1 N–H and O–H groups in total. The minimum Gasteiger partial charge on any atom is -0.469 e. The zero-order chi connectivity index (χ0) is 6.97. The second-order valence-corrected chi connectivity index (χ2v) is 4.10. The van der Waals surface area contributed by atoms with E-state index >= 15 is 0 Å². The maximum Gasteiger partial charge on any atom is 0.243 e. The molecule has 0 bridgehead atoms. The lowest BCUT2D eigenvalue weighted by atomic mass is 9.97. The van der Waals surface area contributed by atoms with Gasteiger partial charge in [0.05, 0.1) is 5.25 Å². The maximum absolute atomic E-state index is 7.28. The van der Waals surface area contributed by atoms with Gasteiger partial charge in [-0.25, -0.2) is 0 Å². The second kappa shape index (κ2) is 2.46. The van der Waals surface area contributed by atoms with Gasteiger partial charge < -0.3 is 4.74 Å². The molecule has 3 heteroatoms. The summed E-state index contributed by atoms with van der Waals surface area (Å²) >= 11 is 1.61. The Labute approximate surface area is 64.8 Å². The van der Waals surface area contributed by atoms with Crippen molar-refractivity contribution in [1.82, 2.24) is 0 Å². The Morgan fingerprint density at radius 2 is 2.20 bits per heavy atom. The average molecular weight is 157 g/mol. The molecule has 2 atom stereocenters. The summed E-state index contributed by atoms with van der Waals surface area (Å²) in [4.78, 5) is 0. The van der Waals surface area contributed by atoms with Crippen molar-refractivity contribution in [2.45, 2.75) is 37.0 Å². The molecular weight excluding hydrogens is 146 g/mol. The third-order valence-corrected chi connectivity index (χ3v) is 3.31. The van der Waals surface area contributed by atoms with Crippen LogP contribution in [-0.4, -0.2) is 16.6 Å². The quantitative estimate of drug-likeness (QED) is 0.583. The van der Waals surface area contributed by atoms with Gasteiger partial charge in [0.15, 0.2) is 0 Å². The van der Waals surface area contributed by atoms with Crippen LogP contribution in [-0.2, 0) is 4.74 Å². The summed E-state index contributed by atoms with van der Waals surface area (Å²) in [5, 5.41) is 8.34. The zero-order valence-electron chi connectivity index (χ0n) is 5.80. The van der Waals surface area contributed by atoms with Gasteiger partial charge in [0, 0.05) is 0 Å². The van der Waals surface area contributed by atoms with Crippen LogP contribution in [0.2, 0.25) is 0 Å². The molecule has 10 heavy (non-hydrogen) atoms. The molecule has 56 valence electrons. The molecule has 0 aromatic rings. The summed E-state index contributed by atoms with van der Waals surface area (Å²) in [5.41, 5.74) is 0. The van der Waals surface area contributed by atoms with Gasteiger partial charge in [-0.1, -0.05) is 18.2 Å². The largest absolute Gasteiger partial charge is 0.469 e. The molecule has 1 saturated heterocycles. The van der Waals surface area contributed by atoms with Crippen molar-refractivity contribution in [3.8, 4) is 0 Å². The highest BCUT2D eigenvalue weighted by Gasteiger charge is 2.35. The van der Waals surface area contributed by atoms with Gasteiger partial charge in [0.25, 0.3) is 0 Å². The molecular formula is C7H11NOS. The molecule has 0 spiro atoms. The van der Waals surface area contributed by atoms with Gasteiger partial charge in [-0.05, 0) is 19.3 Å². The summed E-state index contributed by atoms with van der Waals surface area (Å²) in [5.74, 6) is 0. The van der Waals surface area contributed by atoms with E-state index in [1.165, 1.54) is 25.7 Å². The van der Waals surface area contributed by atoms with Crippen LogP contribution in [0.4, 0.5) is 0 Å². The van der Waals surface area contributed by atoms with Crippen LogP contribution in [0.1, 0.15) is 25.7 Å². The van der Waals surface area contributed by atoms with Crippen LogP contribution in [0.15, 0.2) is 0 Å². The van der Waals surface area contributed by atoms with Crippen LogP contribution in [0.5, 0.6) is 0 Å². The lowest BCUT2D eigenvalue weighted by molar-refractivity contribution is 0.166.